The van der Waals surface area contributed by atoms with Crippen molar-refractivity contribution in [2.45, 2.75) is 18.3 Å². The molecule has 14 heavy (non-hydrogen) atoms. The van der Waals surface area contributed by atoms with Gasteiger partial charge in [0.25, 0.3) is 0 Å². The zero-order valence-corrected chi connectivity index (χ0v) is 8.60. The monoisotopic (exact) mass is 204 g/mol. The van der Waals surface area contributed by atoms with E-state index in [-0.39, 0.29) is 0 Å². The van der Waals surface area contributed by atoms with Crippen LogP contribution in [0.4, 0.5) is 0 Å². The molecular weight excluding hydrogens is 188 g/mol. The van der Waals surface area contributed by atoms with E-state index in [4.69, 9.17) is 18.9 Å². The van der Waals surface area contributed by atoms with Crippen molar-refractivity contribution in [3.8, 4) is 0 Å². The van der Waals surface area contributed by atoms with Crippen LogP contribution in [0.5, 0.6) is 0 Å². The van der Waals surface area contributed by atoms with Gasteiger partial charge in [-0.2, -0.15) is 0 Å². The molecule has 0 bridgehead atoms. The molecule has 1 aliphatic rings. The Bertz CT molecular complexity index is 203. The minimum absolute atomic E-state index is 0.314. The third kappa shape index (κ3) is 2.17. The van der Waals surface area contributed by atoms with Gasteiger partial charge in [0.1, 0.15) is 24.6 Å². The Hall–Kier alpha value is -0.780. The topological polar surface area (TPSA) is 57.2 Å². The normalized spacial score (nSPS) is 32.0. The number of methoxy groups -OCH3 is 3. The predicted octanol–water partition coefficient (Wildman–Crippen LogP) is -0.105. The molecule has 3 unspecified atom stereocenters. The number of hydrogen-bond acceptors (Lipinski definition) is 5. The van der Waals surface area contributed by atoms with E-state index in [0.29, 0.717) is 12.4 Å². The molecule has 0 amide bonds. The lowest BCUT2D eigenvalue weighted by Gasteiger charge is -2.32. The van der Waals surface area contributed by atoms with Gasteiger partial charge in [0.2, 0.25) is 0 Å². The Labute approximate surface area is 83.2 Å². The van der Waals surface area contributed by atoms with Crippen LogP contribution in [0.3, 0.4) is 0 Å². The Morgan fingerprint density at radius 3 is 2.64 bits per heavy atom. The van der Waals surface area contributed by atoms with Crippen LogP contribution in [0, 0.1) is 0 Å². The van der Waals surface area contributed by atoms with Gasteiger partial charge in [-0.3, -0.25) is 0 Å². The number of hydrogen-bond donors (Lipinski definition) is 1. The van der Waals surface area contributed by atoms with Crippen LogP contribution in [0.25, 0.3) is 0 Å². The average molecular weight is 204 g/mol. The number of rotatable bonds is 4. The van der Waals surface area contributed by atoms with E-state index >= 15 is 0 Å². The Balaban J connectivity index is 2.69. The molecule has 1 rings (SSSR count). The first-order chi connectivity index (χ1) is 6.74. The minimum atomic E-state index is -0.778. The molecule has 0 aromatic rings. The first kappa shape index (κ1) is 11.3. The van der Waals surface area contributed by atoms with Crippen LogP contribution in [-0.2, 0) is 18.9 Å². The summed E-state index contributed by atoms with van der Waals surface area (Å²) in [5.41, 5.74) is 0. The zero-order chi connectivity index (χ0) is 10.6. The molecule has 1 heterocycles. The van der Waals surface area contributed by atoms with E-state index in [1.54, 1.807) is 7.11 Å². The van der Waals surface area contributed by atoms with Crippen molar-refractivity contribution in [1.29, 1.82) is 0 Å². The molecule has 0 aromatic heterocycles. The molecule has 0 saturated heterocycles. The molecule has 5 heteroatoms. The summed E-state index contributed by atoms with van der Waals surface area (Å²) in [7, 11) is 4.56. The number of ether oxygens (including phenoxy) is 4. The highest BCUT2D eigenvalue weighted by molar-refractivity contribution is 5.06. The van der Waals surface area contributed by atoms with Gasteiger partial charge in [-0.05, 0) is 0 Å². The lowest BCUT2D eigenvalue weighted by Crippen LogP contribution is -2.46. The molecule has 0 spiro atoms. The summed E-state index contributed by atoms with van der Waals surface area (Å²) in [4.78, 5) is 0. The SMILES string of the molecule is COCC1OC=C(OC)C(OC)C1O. The van der Waals surface area contributed by atoms with Crippen molar-refractivity contribution in [3.63, 3.8) is 0 Å². The lowest BCUT2D eigenvalue weighted by atomic mass is 10.1. The maximum Gasteiger partial charge on any atom is 0.161 e. The summed E-state index contributed by atoms with van der Waals surface area (Å²) in [5.74, 6) is 0.479. The average Bonchev–Trinajstić information content (AvgIpc) is 2.21. The van der Waals surface area contributed by atoms with Crippen LogP contribution in [-0.4, -0.2) is 51.4 Å². The van der Waals surface area contributed by atoms with E-state index in [1.807, 2.05) is 0 Å². The van der Waals surface area contributed by atoms with Crippen LogP contribution < -0.4 is 0 Å². The van der Waals surface area contributed by atoms with Crippen molar-refractivity contribution in [3.05, 3.63) is 12.0 Å². The van der Waals surface area contributed by atoms with Crippen LogP contribution in [0.2, 0.25) is 0 Å². The van der Waals surface area contributed by atoms with Gasteiger partial charge in [-0.1, -0.05) is 0 Å². The van der Waals surface area contributed by atoms with E-state index in [1.165, 1.54) is 20.5 Å². The van der Waals surface area contributed by atoms with Crippen molar-refractivity contribution in [1.82, 2.24) is 0 Å². The number of aliphatic hydroxyl groups excluding tert-OH is 1. The third-order valence-electron chi connectivity index (χ3n) is 2.15. The summed E-state index contributed by atoms with van der Waals surface area (Å²) in [6, 6.07) is 0. The van der Waals surface area contributed by atoms with Crippen molar-refractivity contribution >= 4 is 0 Å². The maximum absolute atomic E-state index is 9.81. The van der Waals surface area contributed by atoms with E-state index in [2.05, 4.69) is 0 Å². The molecule has 0 fully saturated rings. The van der Waals surface area contributed by atoms with Crippen LogP contribution >= 0.6 is 0 Å². The van der Waals surface area contributed by atoms with Crippen molar-refractivity contribution < 1.29 is 24.1 Å². The third-order valence-corrected chi connectivity index (χ3v) is 2.15. The van der Waals surface area contributed by atoms with E-state index < -0.39 is 18.3 Å². The zero-order valence-electron chi connectivity index (χ0n) is 8.60. The molecule has 82 valence electrons. The Morgan fingerprint density at radius 2 is 2.14 bits per heavy atom. The highest BCUT2D eigenvalue weighted by Gasteiger charge is 2.36. The summed E-state index contributed by atoms with van der Waals surface area (Å²) in [5, 5.41) is 9.81. The van der Waals surface area contributed by atoms with Crippen molar-refractivity contribution in [2.75, 3.05) is 27.9 Å². The molecule has 0 radical (unpaired) electrons. The fourth-order valence-electron chi connectivity index (χ4n) is 1.39. The van der Waals surface area contributed by atoms with Gasteiger partial charge in [-0.25, -0.2) is 0 Å². The lowest BCUT2D eigenvalue weighted by molar-refractivity contribution is -0.119. The largest absolute Gasteiger partial charge is 0.495 e. The Kier molecular flexibility index (Phi) is 4.19. The molecule has 0 saturated carbocycles. The summed E-state index contributed by atoms with van der Waals surface area (Å²) in [6.45, 7) is 0.314. The molecular formula is C9H16O5. The molecule has 1 N–H and O–H groups in total. The highest BCUT2D eigenvalue weighted by Crippen LogP contribution is 2.21. The quantitative estimate of drug-likeness (QED) is 0.692. The second-order valence-corrected chi connectivity index (χ2v) is 3.00. The minimum Gasteiger partial charge on any atom is -0.495 e. The summed E-state index contributed by atoms with van der Waals surface area (Å²) >= 11 is 0. The van der Waals surface area contributed by atoms with Gasteiger partial charge in [0, 0.05) is 14.2 Å². The van der Waals surface area contributed by atoms with Gasteiger partial charge in [0.15, 0.2) is 5.76 Å². The molecule has 0 aliphatic carbocycles. The van der Waals surface area contributed by atoms with E-state index in [0.717, 1.165) is 0 Å². The predicted molar refractivity (Wildman–Crippen MR) is 48.6 cm³/mol. The van der Waals surface area contributed by atoms with Gasteiger partial charge >= 0.3 is 0 Å². The van der Waals surface area contributed by atoms with Crippen LogP contribution in [0.15, 0.2) is 12.0 Å². The Morgan fingerprint density at radius 1 is 1.43 bits per heavy atom. The molecule has 3 atom stereocenters. The first-order valence-electron chi connectivity index (χ1n) is 4.34. The second kappa shape index (κ2) is 5.19. The van der Waals surface area contributed by atoms with Crippen molar-refractivity contribution in [2.24, 2.45) is 0 Å². The smallest absolute Gasteiger partial charge is 0.161 e. The maximum atomic E-state index is 9.81. The number of aliphatic hydroxyl groups is 1. The standard InChI is InChI=1S/C9H16O5/c1-11-4-6-8(10)9(13-3)7(12-2)5-14-6/h5-6,8-10H,4H2,1-3H3. The van der Waals surface area contributed by atoms with E-state index in [9.17, 15) is 5.11 Å². The van der Waals surface area contributed by atoms with Gasteiger partial charge < -0.3 is 24.1 Å². The molecule has 5 nitrogen and oxygen atoms in total. The summed E-state index contributed by atoms with van der Waals surface area (Å²) in [6.07, 6.45) is -0.234. The van der Waals surface area contributed by atoms with Gasteiger partial charge in [-0.15, -0.1) is 0 Å². The first-order valence-corrected chi connectivity index (χ1v) is 4.34. The highest BCUT2D eigenvalue weighted by atomic mass is 16.6. The second-order valence-electron chi connectivity index (χ2n) is 3.00. The van der Waals surface area contributed by atoms with Crippen LogP contribution in [0.1, 0.15) is 0 Å². The molecule has 0 aromatic carbocycles. The fraction of sp³-hybridized carbons (Fsp3) is 0.778. The van der Waals surface area contributed by atoms with Gasteiger partial charge in [0.05, 0.1) is 13.7 Å². The molecule has 1 aliphatic heterocycles. The fourth-order valence-corrected chi connectivity index (χ4v) is 1.39. The summed E-state index contributed by atoms with van der Waals surface area (Å²) < 4.78 is 20.2.